The number of hydrogen-bond acceptors (Lipinski definition) is 8. The maximum atomic E-state index is 12.6. The number of nitrogens with zero attached hydrogens (tertiary/aromatic N) is 2. The lowest BCUT2D eigenvalue weighted by Crippen LogP contribution is -2.48. The molecule has 0 saturated carbocycles. The van der Waals surface area contributed by atoms with Crippen molar-refractivity contribution in [2.75, 3.05) is 54.1 Å². The lowest BCUT2D eigenvalue weighted by atomic mass is 9.80. The van der Waals surface area contributed by atoms with Gasteiger partial charge in [-0.1, -0.05) is 12.1 Å². The van der Waals surface area contributed by atoms with Crippen molar-refractivity contribution < 1.29 is 28.6 Å². The van der Waals surface area contributed by atoms with E-state index in [1.54, 1.807) is 43.0 Å². The highest BCUT2D eigenvalue weighted by Crippen LogP contribution is 2.39. The van der Waals surface area contributed by atoms with Gasteiger partial charge >= 0.3 is 11.9 Å². The van der Waals surface area contributed by atoms with Gasteiger partial charge in [0.2, 0.25) is 0 Å². The molecule has 0 atom stereocenters. The topological polar surface area (TPSA) is 97.4 Å². The molecule has 9 nitrogen and oxygen atoms in total. The van der Waals surface area contributed by atoms with Crippen LogP contribution in [0.15, 0.2) is 46.8 Å². The fourth-order valence-electron chi connectivity index (χ4n) is 4.14. The fraction of sp³-hybridized carbons (Fsp3) is 0.458. The van der Waals surface area contributed by atoms with Crippen LogP contribution >= 0.6 is 0 Å². The third-order valence-corrected chi connectivity index (χ3v) is 6.00. The summed E-state index contributed by atoms with van der Waals surface area (Å²) in [6.07, 6.45) is 0. The molecule has 2 aliphatic rings. The van der Waals surface area contributed by atoms with E-state index >= 15 is 0 Å². The standard InChI is InChI=1S/C24H31N3O6/c1-15-20(23(29)31-4)22(21(16(2)25-15)24(30)32-5)17-6-8-18(9-7-17)33-14-19(28)27-12-10-26(3)11-13-27/h6-9,22,25H,10-14H2,1-5H3. The van der Waals surface area contributed by atoms with Gasteiger partial charge < -0.3 is 29.3 Å². The van der Waals surface area contributed by atoms with Crippen LogP contribution in [-0.2, 0) is 23.9 Å². The van der Waals surface area contributed by atoms with Crippen LogP contribution in [0.3, 0.4) is 0 Å². The van der Waals surface area contributed by atoms with Gasteiger partial charge in [-0.25, -0.2) is 9.59 Å². The van der Waals surface area contributed by atoms with Gasteiger partial charge in [0.05, 0.1) is 31.3 Å². The molecule has 1 aromatic carbocycles. The zero-order valence-corrected chi connectivity index (χ0v) is 19.8. The Labute approximate surface area is 194 Å². The van der Waals surface area contributed by atoms with E-state index in [-0.39, 0.29) is 12.5 Å². The maximum absolute atomic E-state index is 12.6. The molecule has 2 heterocycles. The lowest BCUT2D eigenvalue weighted by molar-refractivity contribution is -0.137. The molecule has 33 heavy (non-hydrogen) atoms. The number of likely N-dealkylation sites (N-methyl/N-ethyl adjacent to an activating group) is 1. The van der Waals surface area contributed by atoms with Crippen molar-refractivity contribution in [3.05, 3.63) is 52.4 Å². The first-order chi connectivity index (χ1) is 15.8. The van der Waals surface area contributed by atoms with Crippen LogP contribution < -0.4 is 10.1 Å². The van der Waals surface area contributed by atoms with E-state index in [0.717, 1.165) is 13.1 Å². The highest BCUT2D eigenvalue weighted by Gasteiger charge is 2.37. The number of carbonyl (C=O) groups is 3. The number of methoxy groups -OCH3 is 2. The van der Waals surface area contributed by atoms with Crippen molar-refractivity contribution >= 4 is 17.8 Å². The van der Waals surface area contributed by atoms with Gasteiger partial charge in [-0.15, -0.1) is 0 Å². The smallest absolute Gasteiger partial charge is 0.336 e. The van der Waals surface area contributed by atoms with E-state index in [1.165, 1.54) is 14.2 Å². The molecule has 0 aromatic heterocycles. The summed E-state index contributed by atoms with van der Waals surface area (Å²) in [6, 6.07) is 7.00. The van der Waals surface area contributed by atoms with E-state index < -0.39 is 17.9 Å². The van der Waals surface area contributed by atoms with Crippen LogP contribution in [0.5, 0.6) is 5.75 Å². The zero-order valence-electron chi connectivity index (χ0n) is 19.8. The molecular weight excluding hydrogens is 426 g/mol. The van der Waals surface area contributed by atoms with Gasteiger partial charge in [0, 0.05) is 37.6 Å². The number of benzene rings is 1. The number of allylic oxidation sites excluding steroid dienone is 2. The minimum absolute atomic E-state index is 0.0464. The average Bonchev–Trinajstić information content (AvgIpc) is 2.82. The summed E-state index contributed by atoms with van der Waals surface area (Å²) in [5.41, 5.74) is 2.59. The molecule has 178 valence electrons. The molecule has 1 aromatic rings. The Morgan fingerprint density at radius 3 is 1.91 bits per heavy atom. The summed E-state index contributed by atoms with van der Waals surface area (Å²) in [4.78, 5) is 41.6. The Hall–Kier alpha value is -3.33. The molecule has 3 rings (SSSR count). The number of rotatable bonds is 6. The Kier molecular flexibility index (Phi) is 7.75. The van der Waals surface area contributed by atoms with Crippen LogP contribution in [0.4, 0.5) is 0 Å². The molecular formula is C24H31N3O6. The number of carbonyl (C=O) groups excluding carboxylic acids is 3. The summed E-state index contributed by atoms with van der Waals surface area (Å²) in [6.45, 7) is 6.56. The average molecular weight is 458 g/mol. The van der Waals surface area contributed by atoms with E-state index in [1.807, 2.05) is 7.05 Å². The van der Waals surface area contributed by atoms with Crippen molar-refractivity contribution in [3.8, 4) is 5.75 Å². The van der Waals surface area contributed by atoms with Gasteiger partial charge in [-0.3, -0.25) is 4.79 Å². The Morgan fingerprint density at radius 2 is 1.42 bits per heavy atom. The van der Waals surface area contributed by atoms with Crippen LogP contribution in [0.25, 0.3) is 0 Å². The normalized spacial score (nSPS) is 17.5. The molecule has 1 N–H and O–H groups in total. The molecule has 0 radical (unpaired) electrons. The van der Waals surface area contributed by atoms with E-state index in [9.17, 15) is 14.4 Å². The molecule has 0 spiro atoms. The number of piperazine rings is 1. The quantitative estimate of drug-likeness (QED) is 0.641. The van der Waals surface area contributed by atoms with Gasteiger partial charge in [-0.05, 0) is 38.6 Å². The minimum atomic E-state index is -0.660. The number of nitrogens with one attached hydrogen (secondary N) is 1. The van der Waals surface area contributed by atoms with Crippen LogP contribution in [0.1, 0.15) is 25.3 Å². The molecule has 0 unspecified atom stereocenters. The number of esters is 2. The second-order valence-electron chi connectivity index (χ2n) is 8.16. The van der Waals surface area contributed by atoms with Crippen LogP contribution in [0, 0.1) is 0 Å². The zero-order chi connectivity index (χ0) is 24.1. The summed E-state index contributed by atoms with van der Waals surface area (Å²) < 4.78 is 15.7. The van der Waals surface area contributed by atoms with Crippen molar-refractivity contribution in [2.24, 2.45) is 0 Å². The summed E-state index contributed by atoms with van der Waals surface area (Å²) in [5.74, 6) is -1.25. The molecule has 1 amide bonds. The first kappa shape index (κ1) is 24.3. The monoisotopic (exact) mass is 457 g/mol. The lowest BCUT2D eigenvalue weighted by Gasteiger charge is -2.32. The largest absolute Gasteiger partial charge is 0.484 e. The minimum Gasteiger partial charge on any atom is -0.484 e. The van der Waals surface area contributed by atoms with Crippen molar-refractivity contribution in [3.63, 3.8) is 0 Å². The molecule has 2 aliphatic heterocycles. The number of amides is 1. The number of dihydropyridines is 1. The van der Waals surface area contributed by atoms with Gasteiger partial charge in [0.15, 0.2) is 6.61 Å². The van der Waals surface area contributed by atoms with Crippen molar-refractivity contribution in [1.82, 2.24) is 15.1 Å². The third-order valence-electron chi connectivity index (χ3n) is 6.00. The number of hydrogen-bond donors (Lipinski definition) is 1. The molecule has 9 heteroatoms. The third kappa shape index (κ3) is 5.36. The van der Waals surface area contributed by atoms with Crippen LogP contribution in [0.2, 0.25) is 0 Å². The van der Waals surface area contributed by atoms with E-state index in [0.29, 0.717) is 46.9 Å². The van der Waals surface area contributed by atoms with Gasteiger partial charge in [-0.2, -0.15) is 0 Å². The van der Waals surface area contributed by atoms with Gasteiger partial charge in [0.25, 0.3) is 5.91 Å². The Balaban J connectivity index is 1.80. The fourth-order valence-corrected chi connectivity index (χ4v) is 4.14. The molecule has 1 saturated heterocycles. The summed E-state index contributed by atoms with van der Waals surface area (Å²) in [7, 11) is 4.64. The maximum Gasteiger partial charge on any atom is 0.336 e. The first-order valence-electron chi connectivity index (χ1n) is 10.8. The van der Waals surface area contributed by atoms with Gasteiger partial charge in [0.1, 0.15) is 5.75 Å². The Bertz CT molecular complexity index is 936. The first-order valence-corrected chi connectivity index (χ1v) is 10.8. The highest BCUT2D eigenvalue weighted by atomic mass is 16.5. The predicted octanol–water partition coefficient (Wildman–Crippen LogP) is 1.42. The number of ether oxygens (including phenoxy) is 3. The second kappa shape index (κ2) is 10.5. The van der Waals surface area contributed by atoms with E-state index in [4.69, 9.17) is 14.2 Å². The second-order valence-corrected chi connectivity index (χ2v) is 8.16. The molecule has 0 aliphatic carbocycles. The van der Waals surface area contributed by atoms with E-state index in [2.05, 4.69) is 10.2 Å². The predicted molar refractivity (Wildman–Crippen MR) is 121 cm³/mol. The molecule has 0 bridgehead atoms. The van der Waals surface area contributed by atoms with Crippen molar-refractivity contribution in [2.45, 2.75) is 19.8 Å². The SMILES string of the molecule is COC(=O)C1=C(C)NC(C)=C(C(=O)OC)C1c1ccc(OCC(=O)N2CCN(C)CC2)cc1. The van der Waals surface area contributed by atoms with Crippen molar-refractivity contribution in [1.29, 1.82) is 0 Å². The summed E-state index contributed by atoms with van der Waals surface area (Å²) in [5, 5.41) is 3.08. The van der Waals surface area contributed by atoms with Crippen LogP contribution in [-0.4, -0.2) is 81.7 Å². The highest BCUT2D eigenvalue weighted by molar-refractivity contribution is 5.99. The molecule has 1 fully saturated rings. The summed E-state index contributed by atoms with van der Waals surface area (Å²) >= 11 is 0. The Morgan fingerprint density at radius 1 is 0.909 bits per heavy atom.